The highest BCUT2D eigenvalue weighted by molar-refractivity contribution is 7.91. The number of nitrogens with zero attached hydrogens (tertiary/aromatic N) is 2. The van der Waals surface area contributed by atoms with Crippen molar-refractivity contribution in [3.63, 3.8) is 0 Å². The van der Waals surface area contributed by atoms with Crippen LogP contribution in [-0.2, 0) is 26.9 Å². The zero-order valence-corrected chi connectivity index (χ0v) is 14.5. The summed E-state index contributed by atoms with van der Waals surface area (Å²) in [4.78, 5) is 17.5. The average Bonchev–Trinajstić information content (AvgIpc) is 2.55. The topological polar surface area (TPSA) is 76.6 Å². The molecule has 0 N–H and O–H groups in total. The first-order valence-electron chi connectivity index (χ1n) is 7.37. The van der Waals surface area contributed by atoms with E-state index in [-0.39, 0.29) is 5.75 Å². The summed E-state index contributed by atoms with van der Waals surface area (Å²) in [6.07, 6.45) is 1.48. The molecule has 0 radical (unpaired) electrons. The van der Waals surface area contributed by atoms with Crippen LogP contribution in [0, 0.1) is 0 Å². The quantitative estimate of drug-likeness (QED) is 0.761. The maximum Gasteiger partial charge on any atom is 0.237 e. The fraction of sp³-hybridized carbons (Fsp3) is 0.294. The second-order valence-corrected chi connectivity index (χ2v) is 7.54. The lowest BCUT2D eigenvalue weighted by molar-refractivity contribution is -0.127. The van der Waals surface area contributed by atoms with Crippen molar-refractivity contribution in [1.82, 2.24) is 9.88 Å². The molecule has 0 saturated heterocycles. The molecule has 0 saturated carbocycles. The van der Waals surface area contributed by atoms with Crippen LogP contribution >= 0.6 is 0 Å². The minimum Gasteiger partial charge on any atom is -0.481 e. The molecule has 0 aliphatic carbocycles. The molecule has 0 fully saturated rings. The Labute approximate surface area is 142 Å². The number of sulfone groups is 1. The van der Waals surface area contributed by atoms with Gasteiger partial charge in [0.1, 0.15) is 5.75 Å². The Balaban J connectivity index is 1.98. The molecule has 7 heteroatoms. The van der Waals surface area contributed by atoms with E-state index in [2.05, 4.69) is 4.98 Å². The molecule has 0 aliphatic heterocycles. The minimum atomic E-state index is -3.57. The zero-order chi connectivity index (χ0) is 17.6. The third-order valence-corrected chi connectivity index (χ3v) is 4.89. The van der Waals surface area contributed by atoms with Crippen molar-refractivity contribution >= 4 is 15.7 Å². The normalized spacial score (nSPS) is 11.1. The maximum absolute atomic E-state index is 12.3. The predicted octanol–water partition coefficient (Wildman–Crippen LogP) is 1.66. The summed E-state index contributed by atoms with van der Waals surface area (Å²) in [6, 6.07) is 12.6. The van der Waals surface area contributed by atoms with Crippen LogP contribution in [0.3, 0.4) is 0 Å². The Morgan fingerprint density at radius 2 is 1.88 bits per heavy atom. The molecule has 6 nitrogen and oxygen atoms in total. The van der Waals surface area contributed by atoms with E-state index in [4.69, 9.17) is 4.74 Å². The molecule has 0 bridgehead atoms. The lowest BCUT2D eigenvalue weighted by Gasteiger charge is -2.17. The summed E-state index contributed by atoms with van der Waals surface area (Å²) >= 11 is 0. The van der Waals surface area contributed by atoms with E-state index in [1.165, 1.54) is 18.2 Å². The van der Waals surface area contributed by atoms with Gasteiger partial charge in [0.25, 0.3) is 0 Å². The molecule has 1 aromatic carbocycles. The van der Waals surface area contributed by atoms with Crippen LogP contribution in [0.2, 0.25) is 0 Å². The molecule has 24 heavy (non-hydrogen) atoms. The van der Waals surface area contributed by atoms with E-state index in [0.717, 1.165) is 5.56 Å². The summed E-state index contributed by atoms with van der Waals surface area (Å²) in [6.45, 7) is 0.373. The maximum atomic E-state index is 12.3. The van der Waals surface area contributed by atoms with Gasteiger partial charge in [-0.25, -0.2) is 13.4 Å². The fourth-order valence-corrected chi connectivity index (χ4v) is 3.59. The molecule has 0 spiro atoms. The van der Waals surface area contributed by atoms with Crippen molar-refractivity contribution in [1.29, 1.82) is 0 Å². The number of hydrogen-bond acceptors (Lipinski definition) is 5. The first-order valence-corrected chi connectivity index (χ1v) is 9.19. The smallest absolute Gasteiger partial charge is 0.237 e. The second kappa shape index (κ2) is 7.92. The SMILES string of the molecule is COc1cc(CS(=O)(=O)CC(=O)N(C)Cc2ccccc2)ccn1. The summed E-state index contributed by atoms with van der Waals surface area (Å²) in [5.41, 5.74) is 1.49. The second-order valence-electron chi connectivity index (χ2n) is 5.47. The Hall–Kier alpha value is -2.41. The van der Waals surface area contributed by atoms with Gasteiger partial charge in [-0.3, -0.25) is 4.79 Å². The third-order valence-electron chi connectivity index (χ3n) is 3.43. The zero-order valence-electron chi connectivity index (χ0n) is 13.7. The van der Waals surface area contributed by atoms with Gasteiger partial charge in [-0.15, -0.1) is 0 Å². The van der Waals surface area contributed by atoms with Gasteiger partial charge < -0.3 is 9.64 Å². The number of benzene rings is 1. The summed E-state index contributed by atoms with van der Waals surface area (Å²) < 4.78 is 29.5. The lowest BCUT2D eigenvalue weighted by atomic mass is 10.2. The predicted molar refractivity (Wildman–Crippen MR) is 91.2 cm³/mol. The summed E-state index contributed by atoms with van der Waals surface area (Å²) in [7, 11) is -0.512. The molecule has 2 aromatic rings. The number of ether oxygens (including phenoxy) is 1. The van der Waals surface area contributed by atoms with Crippen LogP contribution in [0.15, 0.2) is 48.7 Å². The van der Waals surface area contributed by atoms with E-state index < -0.39 is 21.5 Å². The number of carbonyl (C=O) groups excluding carboxylic acids is 1. The number of methoxy groups -OCH3 is 1. The van der Waals surface area contributed by atoms with Crippen molar-refractivity contribution in [3.8, 4) is 5.88 Å². The summed E-state index contributed by atoms with van der Waals surface area (Å²) in [5, 5.41) is 0. The van der Waals surface area contributed by atoms with Crippen molar-refractivity contribution in [2.45, 2.75) is 12.3 Å². The van der Waals surface area contributed by atoms with Gasteiger partial charge in [-0.05, 0) is 17.2 Å². The fourth-order valence-electron chi connectivity index (χ4n) is 2.20. The highest BCUT2D eigenvalue weighted by atomic mass is 32.2. The highest BCUT2D eigenvalue weighted by Crippen LogP contribution is 2.13. The van der Waals surface area contributed by atoms with E-state index in [1.807, 2.05) is 30.3 Å². The van der Waals surface area contributed by atoms with Crippen LogP contribution in [0.5, 0.6) is 5.88 Å². The largest absolute Gasteiger partial charge is 0.481 e. The van der Waals surface area contributed by atoms with E-state index in [1.54, 1.807) is 19.2 Å². The number of rotatable bonds is 7. The van der Waals surface area contributed by atoms with Gasteiger partial charge in [-0.1, -0.05) is 30.3 Å². The lowest BCUT2D eigenvalue weighted by Crippen LogP contribution is -2.32. The number of amides is 1. The first-order chi connectivity index (χ1) is 11.4. The number of pyridine rings is 1. The molecule has 1 aromatic heterocycles. The van der Waals surface area contributed by atoms with Crippen molar-refractivity contribution in [2.75, 3.05) is 19.9 Å². The molecular formula is C17H20N2O4S. The monoisotopic (exact) mass is 348 g/mol. The molecule has 2 rings (SSSR count). The molecular weight excluding hydrogens is 328 g/mol. The van der Waals surface area contributed by atoms with E-state index in [0.29, 0.717) is 18.0 Å². The van der Waals surface area contributed by atoms with Gasteiger partial charge >= 0.3 is 0 Å². The molecule has 0 aliphatic rings. The van der Waals surface area contributed by atoms with Gasteiger partial charge in [0.15, 0.2) is 9.84 Å². The van der Waals surface area contributed by atoms with E-state index >= 15 is 0 Å². The van der Waals surface area contributed by atoms with Crippen molar-refractivity contribution in [2.24, 2.45) is 0 Å². The van der Waals surface area contributed by atoms with Gasteiger partial charge in [0.05, 0.1) is 12.9 Å². The van der Waals surface area contributed by atoms with Crippen molar-refractivity contribution < 1.29 is 17.9 Å². The number of carbonyl (C=O) groups is 1. The number of hydrogen-bond donors (Lipinski definition) is 0. The average molecular weight is 348 g/mol. The Kier molecular flexibility index (Phi) is 5.92. The molecule has 0 unspecified atom stereocenters. The van der Waals surface area contributed by atoms with Crippen LogP contribution in [0.25, 0.3) is 0 Å². The molecule has 0 atom stereocenters. The third kappa shape index (κ3) is 5.34. The van der Waals surface area contributed by atoms with Gasteiger partial charge in [0.2, 0.25) is 11.8 Å². The Bertz CT molecular complexity index is 791. The number of aromatic nitrogens is 1. The molecule has 128 valence electrons. The van der Waals surface area contributed by atoms with Gasteiger partial charge in [-0.2, -0.15) is 0 Å². The van der Waals surface area contributed by atoms with Crippen LogP contribution in [0.1, 0.15) is 11.1 Å². The van der Waals surface area contributed by atoms with E-state index in [9.17, 15) is 13.2 Å². The minimum absolute atomic E-state index is 0.225. The molecule has 1 heterocycles. The highest BCUT2D eigenvalue weighted by Gasteiger charge is 2.20. The summed E-state index contributed by atoms with van der Waals surface area (Å²) in [5.74, 6) is -0.840. The molecule has 1 amide bonds. The first kappa shape index (κ1) is 17.9. The standard InChI is InChI=1S/C17H20N2O4S/c1-19(11-14-6-4-3-5-7-14)17(20)13-24(21,22)12-15-8-9-18-16(10-15)23-2/h3-10H,11-13H2,1-2H3. The van der Waals surface area contributed by atoms with Crippen molar-refractivity contribution in [3.05, 3.63) is 59.8 Å². The Morgan fingerprint density at radius 1 is 1.17 bits per heavy atom. The van der Waals surface area contributed by atoms with Crippen LogP contribution in [-0.4, -0.2) is 44.1 Å². The van der Waals surface area contributed by atoms with Crippen LogP contribution in [0.4, 0.5) is 0 Å². The van der Waals surface area contributed by atoms with Gasteiger partial charge in [0, 0.05) is 25.9 Å². The van der Waals surface area contributed by atoms with Crippen LogP contribution < -0.4 is 4.74 Å². The Morgan fingerprint density at radius 3 is 2.54 bits per heavy atom.